The van der Waals surface area contributed by atoms with E-state index in [1.165, 1.54) is 0 Å². The minimum absolute atomic E-state index is 0.542. The molecule has 2 saturated heterocycles. The van der Waals surface area contributed by atoms with Crippen molar-refractivity contribution in [3.8, 4) is 22.9 Å². The van der Waals surface area contributed by atoms with Crippen molar-refractivity contribution >= 4 is 11.3 Å². The van der Waals surface area contributed by atoms with Gasteiger partial charge in [-0.2, -0.15) is 10.4 Å². The first-order valence-corrected chi connectivity index (χ1v) is 11.6. The second-order valence-electron chi connectivity index (χ2n) is 8.69. The number of piperazine rings is 2. The number of rotatable bonds is 6. The molecule has 0 aliphatic carbocycles. The minimum Gasteiger partial charge on any atom is -0.491 e. The standard InChI is InChI=1S/C24H30N8O/c1-29-8-10-30(11-9-29)12-13-33-21-14-22(24-20(15-25)17-28-32(24)18-21)19-2-3-23(27-16-19)31-6-4-26-5-7-31/h2-3,14,16-18,26H,4-13H2,1H3. The summed E-state index contributed by atoms with van der Waals surface area (Å²) in [6.07, 6.45) is 5.34. The van der Waals surface area contributed by atoms with Crippen LogP contribution in [0.4, 0.5) is 5.82 Å². The Balaban J connectivity index is 1.37. The topological polar surface area (TPSA) is 85.0 Å². The lowest BCUT2D eigenvalue weighted by Gasteiger charge is -2.32. The highest BCUT2D eigenvalue weighted by Gasteiger charge is 2.17. The van der Waals surface area contributed by atoms with Crippen LogP contribution in [-0.4, -0.2) is 97.0 Å². The van der Waals surface area contributed by atoms with Gasteiger partial charge < -0.3 is 19.9 Å². The molecule has 5 heterocycles. The van der Waals surface area contributed by atoms with Gasteiger partial charge in [0.05, 0.1) is 23.5 Å². The van der Waals surface area contributed by atoms with Gasteiger partial charge in [0.1, 0.15) is 24.2 Å². The van der Waals surface area contributed by atoms with Crippen LogP contribution in [0, 0.1) is 11.3 Å². The van der Waals surface area contributed by atoms with E-state index in [9.17, 15) is 5.26 Å². The van der Waals surface area contributed by atoms with Gasteiger partial charge in [0.2, 0.25) is 0 Å². The fraction of sp³-hybridized carbons (Fsp3) is 0.458. The van der Waals surface area contributed by atoms with Crippen LogP contribution in [0.5, 0.6) is 5.75 Å². The molecule has 1 N–H and O–H groups in total. The molecule has 9 heteroatoms. The third-order valence-corrected chi connectivity index (χ3v) is 6.48. The van der Waals surface area contributed by atoms with Crippen LogP contribution in [0.1, 0.15) is 5.56 Å². The Labute approximate surface area is 194 Å². The lowest BCUT2D eigenvalue weighted by atomic mass is 10.1. The number of pyridine rings is 2. The van der Waals surface area contributed by atoms with Crippen molar-refractivity contribution in [2.45, 2.75) is 0 Å². The maximum atomic E-state index is 9.61. The van der Waals surface area contributed by atoms with Crippen molar-refractivity contribution in [2.24, 2.45) is 0 Å². The molecule has 0 atom stereocenters. The average molecular weight is 447 g/mol. The van der Waals surface area contributed by atoms with Gasteiger partial charge in [-0.3, -0.25) is 4.90 Å². The molecule has 172 valence electrons. The van der Waals surface area contributed by atoms with E-state index < -0.39 is 0 Å². The molecule has 2 aliphatic heterocycles. The van der Waals surface area contributed by atoms with Gasteiger partial charge in [-0.1, -0.05) is 0 Å². The predicted octanol–water partition coefficient (Wildman–Crippen LogP) is 1.30. The van der Waals surface area contributed by atoms with Crippen LogP contribution < -0.4 is 15.0 Å². The molecule has 2 fully saturated rings. The molecule has 0 spiro atoms. The molecular weight excluding hydrogens is 416 g/mol. The van der Waals surface area contributed by atoms with Gasteiger partial charge in [-0.25, -0.2) is 9.50 Å². The number of nitrogens with one attached hydrogen (secondary N) is 1. The van der Waals surface area contributed by atoms with Crippen LogP contribution in [0.3, 0.4) is 0 Å². The zero-order valence-electron chi connectivity index (χ0n) is 19.1. The first-order chi connectivity index (χ1) is 16.2. The Bertz CT molecular complexity index is 1120. The normalized spacial score (nSPS) is 17.9. The van der Waals surface area contributed by atoms with Crippen LogP contribution >= 0.6 is 0 Å². The Morgan fingerprint density at radius 2 is 1.91 bits per heavy atom. The summed E-state index contributed by atoms with van der Waals surface area (Å²) in [6, 6.07) is 8.39. The summed E-state index contributed by atoms with van der Waals surface area (Å²) < 4.78 is 7.87. The highest BCUT2D eigenvalue weighted by atomic mass is 16.5. The van der Waals surface area contributed by atoms with Gasteiger partial charge in [0.25, 0.3) is 0 Å². The van der Waals surface area contributed by atoms with E-state index in [4.69, 9.17) is 9.72 Å². The molecule has 2 aliphatic rings. The largest absolute Gasteiger partial charge is 0.491 e. The molecule has 3 aromatic rings. The van der Waals surface area contributed by atoms with Crippen LogP contribution in [0.15, 0.2) is 36.8 Å². The van der Waals surface area contributed by atoms with Gasteiger partial charge in [-0.15, -0.1) is 0 Å². The Hall–Kier alpha value is -3.19. The number of anilines is 1. The van der Waals surface area contributed by atoms with E-state index in [0.717, 1.165) is 87.1 Å². The third kappa shape index (κ3) is 4.78. The fourth-order valence-electron chi connectivity index (χ4n) is 4.47. The summed E-state index contributed by atoms with van der Waals surface area (Å²) in [7, 11) is 2.16. The van der Waals surface area contributed by atoms with Crippen LogP contribution in [0.25, 0.3) is 16.6 Å². The van der Waals surface area contributed by atoms with Gasteiger partial charge in [0, 0.05) is 76.2 Å². The SMILES string of the molecule is CN1CCN(CCOc2cc(-c3ccc(N4CCNCC4)nc3)c3c(C#N)cnn3c2)CC1. The van der Waals surface area contributed by atoms with E-state index in [1.54, 1.807) is 10.7 Å². The highest BCUT2D eigenvalue weighted by molar-refractivity contribution is 5.85. The van der Waals surface area contributed by atoms with Crippen LogP contribution in [-0.2, 0) is 0 Å². The molecule has 3 aromatic heterocycles. The zero-order valence-corrected chi connectivity index (χ0v) is 19.1. The van der Waals surface area contributed by atoms with E-state index in [2.05, 4.69) is 50.4 Å². The molecule has 0 unspecified atom stereocenters. The molecule has 9 nitrogen and oxygen atoms in total. The number of nitriles is 1. The Morgan fingerprint density at radius 1 is 1.09 bits per heavy atom. The second kappa shape index (κ2) is 9.75. The van der Waals surface area contributed by atoms with Gasteiger partial charge >= 0.3 is 0 Å². The lowest BCUT2D eigenvalue weighted by Crippen LogP contribution is -2.45. The zero-order chi connectivity index (χ0) is 22.6. The number of ether oxygens (including phenoxy) is 1. The molecule has 0 saturated carbocycles. The van der Waals surface area contributed by atoms with Crippen molar-refractivity contribution in [3.05, 3.63) is 42.4 Å². The summed E-state index contributed by atoms with van der Waals surface area (Å²) in [5.41, 5.74) is 3.17. The smallest absolute Gasteiger partial charge is 0.138 e. The first-order valence-electron chi connectivity index (χ1n) is 11.6. The molecule has 5 rings (SSSR count). The number of hydrogen-bond donors (Lipinski definition) is 1. The number of likely N-dealkylation sites (N-methyl/N-ethyl adjacent to an activating group) is 1. The predicted molar refractivity (Wildman–Crippen MR) is 128 cm³/mol. The third-order valence-electron chi connectivity index (χ3n) is 6.48. The number of hydrogen-bond acceptors (Lipinski definition) is 8. The van der Waals surface area contributed by atoms with E-state index in [0.29, 0.717) is 12.2 Å². The Kier molecular flexibility index (Phi) is 6.39. The molecule has 0 aromatic carbocycles. The Morgan fingerprint density at radius 3 is 2.64 bits per heavy atom. The second-order valence-corrected chi connectivity index (χ2v) is 8.69. The van der Waals surface area contributed by atoms with E-state index in [1.807, 2.05) is 18.5 Å². The monoisotopic (exact) mass is 446 g/mol. The number of aromatic nitrogens is 3. The molecule has 0 radical (unpaired) electrons. The summed E-state index contributed by atoms with van der Waals surface area (Å²) in [4.78, 5) is 11.8. The maximum Gasteiger partial charge on any atom is 0.138 e. The molecule has 33 heavy (non-hydrogen) atoms. The van der Waals surface area contributed by atoms with Gasteiger partial charge in [-0.05, 0) is 25.2 Å². The summed E-state index contributed by atoms with van der Waals surface area (Å²) >= 11 is 0. The number of fused-ring (bicyclic) bond motifs is 1. The first kappa shape index (κ1) is 21.6. The van der Waals surface area contributed by atoms with Crippen molar-refractivity contribution in [3.63, 3.8) is 0 Å². The lowest BCUT2D eigenvalue weighted by molar-refractivity contribution is 0.133. The van der Waals surface area contributed by atoms with Crippen molar-refractivity contribution in [2.75, 3.05) is 77.5 Å². The fourth-order valence-corrected chi connectivity index (χ4v) is 4.47. The average Bonchev–Trinajstić information content (AvgIpc) is 3.29. The van der Waals surface area contributed by atoms with Crippen molar-refractivity contribution in [1.82, 2.24) is 29.7 Å². The summed E-state index contributed by atoms with van der Waals surface area (Å²) in [5.74, 6) is 1.72. The summed E-state index contributed by atoms with van der Waals surface area (Å²) in [5, 5.41) is 17.4. The molecule has 0 bridgehead atoms. The van der Waals surface area contributed by atoms with E-state index in [-0.39, 0.29) is 0 Å². The summed E-state index contributed by atoms with van der Waals surface area (Å²) in [6.45, 7) is 9.68. The maximum absolute atomic E-state index is 9.61. The minimum atomic E-state index is 0.542. The molecular formula is C24H30N8O. The molecule has 0 amide bonds. The highest BCUT2D eigenvalue weighted by Crippen LogP contribution is 2.31. The number of nitrogens with zero attached hydrogens (tertiary/aromatic N) is 7. The van der Waals surface area contributed by atoms with Crippen molar-refractivity contribution in [1.29, 1.82) is 5.26 Å². The van der Waals surface area contributed by atoms with Crippen molar-refractivity contribution < 1.29 is 4.74 Å². The van der Waals surface area contributed by atoms with Gasteiger partial charge in [0.15, 0.2) is 0 Å². The van der Waals surface area contributed by atoms with Crippen LogP contribution in [0.2, 0.25) is 0 Å². The van der Waals surface area contributed by atoms with E-state index >= 15 is 0 Å². The quantitative estimate of drug-likeness (QED) is 0.607.